The van der Waals surface area contributed by atoms with E-state index in [1.54, 1.807) is 27.7 Å². The summed E-state index contributed by atoms with van der Waals surface area (Å²) in [5.41, 5.74) is 1.60. The number of carbonyl (C=O) groups excluding carboxylic acids is 4. The number of alkyl carbamates (subject to hydrolysis) is 1. The van der Waals surface area contributed by atoms with Crippen LogP contribution in [0.15, 0.2) is 18.2 Å². The molecule has 0 saturated carbocycles. The van der Waals surface area contributed by atoms with Gasteiger partial charge in [0.2, 0.25) is 11.8 Å². The largest absolute Gasteiger partial charge is 0.468 e. The summed E-state index contributed by atoms with van der Waals surface area (Å²) >= 11 is 0. The van der Waals surface area contributed by atoms with Crippen LogP contribution in [-0.2, 0) is 23.9 Å². The minimum absolute atomic E-state index is 0.200. The molecule has 0 aliphatic carbocycles. The van der Waals surface area contributed by atoms with Crippen LogP contribution in [0.25, 0.3) is 0 Å². The number of hydrogen-bond acceptors (Lipinski definition) is 6. The summed E-state index contributed by atoms with van der Waals surface area (Å²) in [6, 6.07) is 3.70. The fraction of sp³-hybridized carbons (Fsp3) is 0.615. The molecular weight excluding hydrogens is 450 g/mol. The molecule has 2 N–H and O–H groups in total. The van der Waals surface area contributed by atoms with Gasteiger partial charge in [0.15, 0.2) is 0 Å². The van der Waals surface area contributed by atoms with Gasteiger partial charge in [-0.25, -0.2) is 4.79 Å². The summed E-state index contributed by atoms with van der Waals surface area (Å²) in [7, 11) is 1.23. The summed E-state index contributed by atoms with van der Waals surface area (Å²) in [5, 5.41) is 5.31. The van der Waals surface area contributed by atoms with Gasteiger partial charge < -0.3 is 25.0 Å². The Hall–Kier alpha value is -3.10. The topological polar surface area (TPSA) is 114 Å². The fourth-order valence-corrected chi connectivity index (χ4v) is 3.78. The normalized spacial score (nSPS) is 13.7. The van der Waals surface area contributed by atoms with Crippen molar-refractivity contribution >= 4 is 23.9 Å². The first-order chi connectivity index (χ1) is 16.3. The number of likely N-dealkylation sites (N-methyl/N-ethyl adjacent to an activating group) is 1. The van der Waals surface area contributed by atoms with Crippen molar-refractivity contribution in [3.05, 3.63) is 34.9 Å². The van der Waals surface area contributed by atoms with Crippen molar-refractivity contribution in [3.8, 4) is 0 Å². The first-order valence-electron chi connectivity index (χ1n) is 12.0. The van der Waals surface area contributed by atoms with Crippen molar-refractivity contribution < 1.29 is 28.7 Å². The average molecular weight is 492 g/mol. The summed E-state index contributed by atoms with van der Waals surface area (Å²) in [4.78, 5) is 53.0. The van der Waals surface area contributed by atoms with Crippen molar-refractivity contribution in [3.63, 3.8) is 0 Å². The molecular formula is C26H41N3O6. The molecule has 0 aromatic heterocycles. The average Bonchev–Trinajstić information content (AvgIpc) is 2.78. The highest BCUT2D eigenvalue weighted by Gasteiger charge is 2.38. The third-order valence-electron chi connectivity index (χ3n) is 5.79. The molecule has 0 spiro atoms. The summed E-state index contributed by atoms with van der Waals surface area (Å²) in [6.07, 6.45) is -0.0854. The molecule has 0 bridgehead atoms. The molecule has 35 heavy (non-hydrogen) atoms. The van der Waals surface area contributed by atoms with Gasteiger partial charge in [0, 0.05) is 6.54 Å². The molecule has 0 aliphatic heterocycles. The first-order valence-corrected chi connectivity index (χ1v) is 12.0. The predicted octanol–water partition coefficient (Wildman–Crippen LogP) is 3.42. The Morgan fingerprint density at radius 1 is 1.06 bits per heavy atom. The lowest BCUT2D eigenvalue weighted by atomic mass is 9.92. The van der Waals surface area contributed by atoms with E-state index < -0.39 is 41.6 Å². The van der Waals surface area contributed by atoms with Crippen LogP contribution in [0.1, 0.15) is 70.7 Å². The minimum atomic E-state index is -1.01. The zero-order valence-electron chi connectivity index (χ0n) is 22.5. The van der Waals surface area contributed by atoms with Crippen molar-refractivity contribution in [2.45, 2.75) is 79.5 Å². The molecule has 1 aromatic carbocycles. The highest BCUT2D eigenvalue weighted by molar-refractivity contribution is 5.93. The second-order valence-corrected chi connectivity index (χ2v) is 9.64. The number of methoxy groups -OCH3 is 1. The predicted molar refractivity (Wildman–Crippen MR) is 134 cm³/mol. The highest BCUT2D eigenvalue weighted by Crippen LogP contribution is 2.29. The number of rotatable bonds is 10. The molecule has 0 radical (unpaired) electrons. The van der Waals surface area contributed by atoms with Crippen LogP contribution in [-0.4, -0.2) is 60.6 Å². The Morgan fingerprint density at radius 2 is 1.63 bits per heavy atom. The van der Waals surface area contributed by atoms with Crippen LogP contribution in [0.5, 0.6) is 0 Å². The van der Waals surface area contributed by atoms with E-state index in [0.717, 1.165) is 11.1 Å². The number of amides is 3. The SMILES string of the molecule is CCC(C)C(NC(=O)OC(C)(C)C)C(=O)N(CC)C(C(=O)NCC(=O)OC)c1c(C)cccc1C. The summed E-state index contributed by atoms with van der Waals surface area (Å²) in [5.74, 6) is -1.74. The smallest absolute Gasteiger partial charge is 0.408 e. The molecule has 9 heteroatoms. The standard InChI is InChI=1S/C26H41N3O6/c1-10-16(3)21(28-25(33)35-26(6,7)8)24(32)29(11-2)22(23(31)27-15-19(30)34-9)20-17(4)13-12-14-18(20)5/h12-14,16,21-22H,10-11,15H2,1-9H3,(H,27,31)(H,28,33). The van der Waals surface area contributed by atoms with Crippen molar-refractivity contribution in [1.82, 2.24) is 15.5 Å². The van der Waals surface area contributed by atoms with Crippen LogP contribution in [0, 0.1) is 19.8 Å². The number of nitrogens with one attached hydrogen (secondary N) is 2. The molecule has 3 atom stereocenters. The molecule has 0 heterocycles. The molecule has 3 unspecified atom stereocenters. The lowest BCUT2D eigenvalue weighted by Crippen LogP contribution is -2.55. The Bertz CT molecular complexity index is 889. The lowest BCUT2D eigenvalue weighted by molar-refractivity contribution is -0.145. The minimum Gasteiger partial charge on any atom is -0.468 e. The van der Waals surface area contributed by atoms with Gasteiger partial charge in [-0.05, 0) is 64.2 Å². The number of esters is 1. The molecule has 196 valence electrons. The number of nitrogens with zero attached hydrogens (tertiary/aromatic N) is 1. The monoisotopic (exact) mass is 491 g/mol. The summed E-state index contributed by atoms with van der Waals surface area (Å²) < 4.78 is 10.0. The Balaban J connectivity index is 3.48. The molecule has 1 aromatic rings. The van der Waals surface area contributed by atoms with Crippen LogP contribution in [0.3, 0.4) is 0 Å². The number of aryl methyl sites for hydroxylation is 2. The Kier molecular flexibility index (Phi) is 11.2. The zero-order valence-corrected chi connectivity index (χ0v) is 22.5. The van der Waals surface area contributed by atoms with Gasteiger partial charge in [-0.3, -0.25) is 14.4 Å². The van der Waals surface area contributed by atoms with Crippen molar-refractivity contribution in [2.75, 3.05) is 20.2 Å². The molecule has 0 saturated heterocycles. The van der Waals surface area contributed by atoms with Crippen molar-refractivity contribution in [2.24, 2.45) is 5.92 Å². The highest BCUT2D eigenvalue weighted by atomic mass is 16.6. The number of hydrogen-bond donors (Lipinski definition) is 2. The van der Waals surface area contributed by atoms with Crippen LogP contribution in [0.2, 0.25) is 0 Å². The van der Waals surface area contributed by atoms with Gasteiger partial charge in [-0.15, -0.1) is 0 Å². The van der Waals surface area contributed by atoms with E-state index in [1.165, 1.54) is 12.0 Å². The van der Waals surface area contributed by atoms with Crippen LogP contribution in [0.4, 0.5) is 4.79 Å². The molecule has 0 aliphatic rings. The molecule has 1 rings (SSSR count). The van der Waals surface area contributed by atoms with Gasteiger partial charge in [0.1, 0.15) is 24.2 Å². The van der Waals surface area contributed by atoms with Gasteiger partial charge in [-0.1, -0.05) is 38.5 Å². The van der Waals surface area contributed by atoms with Gasteiger partial charge in [-0.2, -0.15) is 0 Å². The van der Waals surface area contributed by atoms with Gasteiger partial charge in [0.25, 0.3) is 0 Å². The van der Waals surface area contributed by atoms with Crippen LogP contribution >= 0.6 is 0 Å². The van der Waals surface area contributed by atoms with E-state index in [2.05, 4.69) is 15.4 Å². The zero-order chi connectivity index (χ0) is 26.9. The van der Waals surface area contributed by atoms with E-state index in [-0.39, 0.29) is 19.0 Å². The maximum absolute atomic E-state index is 13.9. The molecule has 9 nitrogen and oxygen atoms in total. The number of ether oxygens (including phenoxy) is 2. The van der Waals surface area contributed by atoms with Crippen LogP contribution < -0.4 is 10.6 Å². The van der Waals surface area contributed by atoms with E-state index in [0.29, 0.717) is 12.0 Å². The maximum atomic E-state index is 13.9. The third-order valence-corrected chi connectivity index (χ3v) is 5.79. The number of carbonyl (C=O) groups is 4. The Morgan fingerprint density at radius 3 is 2.09 bits per heavy atom. The summed E-state index contributed by atoms with van der Waals surface area (Å²) in [6.45, 7) is 14.4. The van der Waals surface area contributed by atoms with Gasteiger partial charge >= 0.3 is 12.1 Å². The second kappa shape index (κ2) is 13.1. The second-order valence-electron chi connectivity index (χ2n) is 9.64. The number of benzene rings is 1. The molecule has 0 fully saturated rings. The fourth-order valence-electron chi connectivity index (χ4n) is 3.78. The maximum Gasteiger partial charge on any atom is 0.408 e. The first kappa shape index (κ1) is 29.9. The van der Waals surface area contributed by atoms with E-state index in [9.17, 15) is 19.2 Å². The Labute approximate surface area is 208 Å². The van der Waals surface area contributed by atoms with E-state index in [4.69, 9.17) is 4.74 Å². The lowest BCUT2D eigenvalue weighted by Gasteiger charge is -2.36. The molecule has 3 amide bonds. The van der Waals surface area contributed by atoms with E-state index in [1.807, 2.05) is 45.9 Å². The quantitative estimate of drug-likeness (QED) is 0.485. The van der Waals surface area contributed by atoms with Gasteiger partial charge in [0.05, 0.1) is 7.11 Å². The third kappa shape index (κ3) is 8.56. The van der Waals surface area contributed by atoms with Crippen molar-refractivity contribution in [1.29, 1.82) is 0 Å². The van der Waals surface area contributed by atoms with E-state index >= 15 is 0 Å².